The van der Waals surface area contributed by atoms with E-state index in [2.05, 4.69) is 5.32 Å². The first kappa shape index (κ1) is 18.8. The van der Waals surface area contributed by atoms with Crippen LogP contribution in [0.1, 0.15) is 12.5 Å². The Labute approximate surface area is 144 Å². The van der Waals surface area contributed by atoms with Crippen molar-refractivity contribution in [1.29, 1.82) is 0 Å². The molecule has 0 aliphatic rings. The maximum atomic E-state index is 13.7. The van der Waals surface area contributed by atoms with Gasteiger partial charge in [0.25, 0.3) is 0 Å². The molecule has 0 aliphatic heterocycles. The van der Waals surface area contributed by atoms with Crippen LogP contribution < -0.4 is 10.1 Å². The number of nitrogens with one attached hydrogen (secondary N) is 1. The summed E-state index contributed by atoms with van der Waals surface area (Å²) in [5.74, 6) is -4.14. The Balaban J connectivity index is 2.02. The van der Waals surface area contributed by atoms with Crippen molar-refractivity contribution < 1.29 is 22.7 Å². The number of hydrogen-bond acceptors (Lipinski definition) is 3. The van der Waals surface area contributed by atoms with Crippen LogP contribution in [0.15, 0.2) is 36.4 Å². The smallest absolute Gasteiger partial charge is 0.241 e. The van der Waals surface area contributed by atoms with Crippen molar-refractivity contribution in [3.05, 3.63) is 59.4 Å². The molecule has 1 N–H and O–H groups in total. The number of halogens is 3. The molecule has 0 bridgehead atoms. The van der Waals surface area contributed by atoms with Crippen molar-refractivity contribution in [2.75, 3.05) is 19.5 Å². The van der Waals surface area contributed by atoms with Gasteiger partial charge in [-0.05, 0) is 43.8 Å². The summed E-state index contributed by atoms with van der Waals surface area (Å²) in [6.45, 7) is 2.11. The fourth-order valence-corrected chi connectivity index (χ4v) is 2.22. The van der Waals surface area contributed by atoms with Gasteiger partial charge in [-0.3, -0.25) is 9.69 Å². The number of carbonyl (C=O) groups is 1. The van der Waals surface area contributed by atoms with Crippen molar-refractivity contribution in [2.24, 2.45) is 0 Å². The number of hydrogen-bond donors (Lipinski definition) is 1. The lowest BCUT2D eigenvalue weighted by molar-refractivity contribution is -0.120. The molecule has 0 saturated heterocycles. The molecule has 2 aromatic carbocycles. The number of nitrogens with zero attached hydrogens (tertiary/aromatic N) is 1. The summed E-state index contributed by atoms with van der Waals surface area (Å²) in [5.41, 5.74) is 0.565. The summed E-state index contributed by atoms with van der Waals surface area (Å²) in [4.78, 5) is 14.0. The van der Waals surface area contributed by atoms with E-state index in [1.165, 1.54) is 0 Å². The quantitative estimate of drug-likeness (QED) is 0.808. The standard InChI is InChI=1S/C18H19F3N2O2/c1-11(23(2)10-12-4-6-13(25-3)7-5-12)18(24)22-15-9-8-14(19)16(20)17(15)21/h4-9,11H,10H2,1-3H3,(H,22,24)/t11-/m0/s1. The van der Waals surface area contributed by atoms with E-state index in [4.69, 9.17) is 4.74 Å². The van der Waals surface area contributed by atoms with Crippen molar-refractivity contribution >= 4 is 11.6 Å². The fraction of sp³-hybridized carbons (Fsp3) is 0.278. The molecule has 4 nitrogen and oxygen atoms in total. The first-order valence-electron chi connectivity index (χ1n) is 7.61. The zero-order valence-corrected chi connectivity index (χ0v) is 14.1. The summed E-state index contributed by atoms with van der Waals surface area (Å²) in [7, 11) is 3.31. The fourth-order valence-electron chi connectivity index (χ4n) is 2.22. The van der Waals surface area contributed by atoms with E-state index in [-0.39, 0.29) is 0 Å². The highest BCUT2D eigenvalue weighted by atomic mass is 19.2. The maximum absolute atomic E-state index is 13.7. The van der Waals surface area contributed by atoms with Gasteiger partial charge < -0.3 is 10.1 Å². The average Bonchev–Trinajstić information content (AvgIpc) is 2.62. The van der Waals surface area contributed by atoms with Crippen LogP contribution in [0, 0.1) is 17.5 Å². The van der Waals surface area contributed by atoms with Gasteiger partial charge in [-0.15, -0.1) is 0 Å². The van der Waals surface area contributed by atoms with Crippen LogP contribution in [0.25, 0.3) is 0 Å². The highest BCUT2D eigenvalue weighted by Gasteiger charge is 2.21. The van der Waals surface area contributed by atoms with E-state index in [0.29, 0.717) is 6.54 Å². The molecule has 134 valence electrons. The van der Waals surface area contributed by atoms with Gasteiger partial charge in [0.1, 0.15) is 5.75 Å². The number of rotatable bonds is 6. The second-order valence-corrected chi connectivity index (χ2v) is 5.65. The zero-order valence-electron chi connectivity index (χ0n) is 14.1. The van der Waals surface area contributed by atoms with Gasteiger partial charge in [-0.25, -0.2) is 13.2 Å². The molecule has 0 saturated carbocycles. The summed E-state index contributed by atoms with van der Waals surface area (Å²) < 4.78 is 44.9. The van der Waals surface area contributed by atoms with Crippen molar-refractivity contribution in [2.45, 2.75) is 19.5 Å². The molecule has 1 atom stereocenters. The highest BCUT2D eigenvalue weighted by molar-refractivity contribution is 5.94. The van der Waals surface area contributed by atoms with Crippen LogP contribution in [0.4, 0.5) is 18.9 Å². The van der Waals surface area contributed by atoms with Crippen LogP contribution in [0.3, 0.4) is 0 Å². The molecule has 0 heterocycles. The van der Waals surface area contributed by atoms with Gasteiger partial charge >= 0.3 is 0 Å². The number of anilines is 1. The van der Waals surface area contributed by atoms with E-state index >= 15 is 0 Å². The Bertz CT molecular complexity index is 751. The van der Waals surface area contributed by atoms with Gasteiger partial charge in [0.2, 0.25) is 5.91 Å². The third-order valence-electron chi connectivity index (χ3n) is 3.92. The highest BCUT2D eigenvalue weighted by Crippen LogP contribution is 2.20. The zero-order chi connectivity index (χ0) is 18.6. The number of ether oxygens (including phenoxy) is 1. The van der Waals surface area contributed by atoms with Crippen LogP contribution in [0.2, 0.25) is 0 Å². The van der Waals surface area contributed by atoms with Gasteiger partial charge in [-0.2, -0.15) is 0 Å². The molecule has 7 heteroatoms. The largest absolute Gasteiger partial charge is 0.497 e. The normalized spacial score (nSPS) is 12.1. The lowest BCUT2D eigenvalue weighted by Crippen LogP contribution is -2.39. The number of likely N-dealkylation sites (N-methyl/N-ethyl adjacent to an activating group) is 1. The molecular weight excluding hydrogens is 333 g/mol. The van der Waals surface area contributed by atoms with Gasteiger partial charge in [-0.1, -0.05) is 12.1 Å². The monoisotopic (exact) mass is 352 g/mol. The topological polar surface area (TPSA) is 41.6 Å². The van der Waals surface area contributed by atoms with E-state index in [1.807, 2.05) is 24.3 Å². The molecule has 0 fully saturated rings. The van der Waals surface area contributed by atoms with Crippen LogP contribution in [0.5, 0.6) is 5.75 Å². The summed E-state index contributed by atoms with van der Waals surface area (Å²) in [5, 5.41) is 2.28. The summed E-state index contributed by atoms with van der Waals surface area (Å²) >= 11 is 0. The molecule has 2 aromatic rings. The SMILES string of the molecule is COc1ccc(CN(C)[C@@H](C)C(=O)Nc2ccc(F)c(F)c2F)cc1. The number of benzene rings is 2. The maximum Gasteiger partial charge on any atom is 0.241 e. The Kier molecular flexibility index (Phi) is 6.03. The van der Waals surface area contributed by atoms with Crippen molar-refractivity contribution in [3.8, 4) is 5.75 Å². The van der Waals surface area contributed by atoms with Crippen molar-refractivity contribution in [3.63, 3.8) is 0 Å². The van der Waals surface area contributed by atoms with E-state index in [0.717, 1.165) is 23.4 Å². The Morgan fingerprint density at radius 2 is 1.76 bits per heavy atom. The average molecular weight is 352 g/mol. The van der Waals surface area contributed by atoms with Crippen LogP contribution >= 0.6 is 0 Å². The lowest BCUT2D eigenvalue weighted by atomic mass is 10.1. The van der Waals surface area contributed by atoms with Gasteiger partial charge in [0.05, 0.1) is 18.8 Å². The number of methoxy groups -OCH3 is 1. The van der Waals surface area contributed by atoms with E-state index in [9.17, 15) is 18.0 Å². The molecule has 2 rings (SSSR count). The van der Waals surface area contributed by atoms with Gasteiger partial charge in [0.15, 0.2) is 17.5 Å². The van der Waals surface area contributed by atoms with Crippen LogP contribution in [-0.2, 0) is 11.3 Å². The number of carbonyl (C=O) groups excluding carboxylic acids is 1. The number of amides is 1. The van der Waals surface area contributed by atoms with E-state index < -0.39 is 35.1 Å². The minimum absolute atomic E-state index is 0.395. The van der Waals surface area contributed by atoms with Crippen LogP contribution in [-0.4, -0.2) is 31.0 Å². The Hall–Kier alpha value is -2.54. The predicted molar refractivity (Wildman–Crippen MR) is 88.9 cm³/mol. The molecule has 0 spiro atoms. The Morgan fingerprint density at radius 3 is 2.36 bits per heavy atom. The molecule has 1 amide bonds. The predicted octanol–water partition coefficient (Wildman–Crippen LogP) is 3.57. The second kappa shape index (κ2) is 8.02. The second-order valence-electron chi connectivity index (χ2n) is 5.65. The molecule has 0 radical (unpaired) electrons. The molecule has 0 unspecified atom stereocenters. The third kappa shape index (κ3) is 4.51. The Morgan fingerprint density at radius 1 is 1.12 bits per heavy atom. The van der Waals surface area contributed by atoms with Gasteiger partial charge in [0, 0.05) is 6.54 Å². The minimum Gasteiger partial charge on any atom is -0.497 e. The summed E-state index contributed by atoms with van der Waals surface area (Å²) in [6, 6.07) is 8.50. The minimum atomic E-state index is -1.61. The third-order valence-corrected chi connectivity index (χ3v) is 3.92. The molecular formula is C18H19F3N2O2. The van der Waals surface area contributed by atoms with E-state index in [1.54, 1.807) is 26.0 Å². The molecule has 0 aromatic heterocycles. The summed E-state index contributed by atoms with van der Waals surface area (Å²) in [6.07, 6.45) is 0. The first-order valence-corrected chi connectivity index (χ1v) is 7.61. The lowest BCUT2D eigenvalue weighted by Gasteiger charge is -2.24. The molecule has 25 heavy (non-hydrogen) atoms. The van der Waals surface area contributed by atoms with Crippen molar-refractivity contribution in [1.82, 2.24) is 4.90 Å². The molecule has 0 aliphatic carbocycles. The first-order chi connectivity index (χ1) is 11.8.